The maximum Gasteiger partial charge on any atom is 2.00 e. The van der Waals surface area contributed by atoms with Crippen LogP contribution in [0.5, 0.6) is 11.5 Å². The van der Waals surface area contributed by atoms with Crippen LogP contribution in [0, 0.1) is 0 Å². The Morgan fingerprint density at radius 1 is 0.605 bits per heavy atom. The fraction of sp³-hybridized carbons (Fsp3) is 0.118. The first-order valence-electron chi connectivity index (χ1n) is 13.5. The molecule has 0 unspecified atom stereocenters. The molecule has 6 rings (SSSR count). The summed E-state index contributed by atoms with van der Waals surface area (Å²) in [5, 5.41) is 26.8. The summed E-state index contributed by atoms with van der Waals surface area (Å²) in [4.78, 5) is 15.1. The van der Waals surface area contributed by atoms with Gasteiger partial charge in [-0.3, -0.25) is 9.98 Å². The number of H-pyrrole nitrogens is 2. The van der Waals surface area contributed by atoms with Gasteiger partial charge >= 0.3 is 16.5 Å². The van der Waals surface area contributed by atoms with Crippen LogP contribution in [0.15, 0.2) is 107 Å². The Labute approximate surface area is 270 Å². The second-order valence-electron chi connectivity index (χ2n) is 9.65. The smallest absolute Gasteiger partial charge is 0.872 e. The molecule has 0 atom stereocenters. The molecule has 6 nitrogen and oxygen atoms in total. The molecule has 4 aromatic carbocycles. The number of rotatable bonds is 8. The molecule has 0 bridgehead atoms. The van der Waals surface area contributed by atoms with Crippen LogP contribution in [0.2, 0.25) is 10.0 Å². The van der Waals surface area contributed by atoms with Gasteiger partial charge in [-0.15, -0.1) is 0 Å². The van der Waals surface area contributed by atoms with Crippen molar-refractivity contribution in [1.82, 2.24) is 9.97 Å². The third kappa shape index (κ3) is 8.51. The molecule has 0 aliphatic rings. The van der Waals surface area contributed by atoms with Gasteiger partial charge in [0.05, 0.1) is 0 Å². The van der Waals surface area contributed by atoms with Gasteiger partial charge in [0.15, 0.2) is 0 Å². The zero-order chi connectivity index (χ0) is 29.3. The molecule has 0 aliphatic carbocycles. The van der Waals surface area contributed by atoms with Gasteiger partial charge in [-0.1, -0.05) is 83.2 Å². The molecule has 2 aromatic heterocycles. The van der Waals surface area contributed by atoms with E-state index >= 15 is 0 Å². The third-order valence-corrected chi connectivity index (χ3v) is 7.24. The number of aromatic amines is 2. The van der Waals surface area contributed by atoms with Gasteiger partial charge in [0.25, 0.3) is 0 Å². The number of nitrogens with zero attached hydrogens (tertiary/aromatic N) is 2. The average Bonchev–Trinajstić information content (AvgIpc) is 3.61. The molecule has 6 aromatic rings. The van der Waals surface area contributed by atoms with Crippen molar-refractivity contribution >= 4 is 57.4 Å². The second-order valence-corrected chi connectivity index (χ2v) is 10.5. The van der Waals surface area contributed by atoms with Crippen molar-refractivity contribution in [3.05, 3.63) is 130 Å². The Morgan fingerprint density at radius 3 is 1.47 bits per heavy atom. The van der Waals surface area contributed by atoms with E-state index in [4.69, 9.17) is 23.2 Å². The maximum absolute atomic E-state index is 11.6. The van der Waals surface area contributed by atoms with Crippen LogP contribution in [0.4, 0.5) is 0 Å². The molecule has 0 saturated carbocycles. The molecule has 220 valence electrons. The van der Waals surface area contributed by atoms with E-state index in [1.165, 1.54) is 34.0 Å². The van der Waals surface area contributed by atoms with E-state index in [-0.39, 0.29) is 28.0 Å². The number of halogens is 2. The van der Waals surface area contributed by atoms with Crippen molar-refractivity contribution in [2.24, 2.45) is 9.98 Å². The van der Waals surface area contributed by atoms with Gasteiger partial charge in [0.1, 0.15) is 0 Å². The van der Waals surface area contributed by atoms with E-state index in [1.54, 1.807) is 36.7 Å². The van der Waals surface area contributed by atoms with Crippen molar-refractivity contribution in [2.45, 2.75) is 12.8 Å². The summed E-state index contributed by atoms with van der Waals surface area (Å²) in [7, 11) is 0. The number of hydrogen-bond donors (Lipinski definition) is 2. The Morgan fingerprint density at radius 2 is 1.02 bits per heavy atom. The van der Waals surface area contributed by atoms with Crippen molar-refractivity contribution in [2.75, 3.05) is 13.1 Å². The summed E-state index contributed by atoms with van der Waals surface area (Å²) in [5.41, 5.74) is 5.79. The Hall–Kier alpha value is -4.03. The van der Waals surface area contributed by atoms with Gasteiger partial charge in [-0.05, 0) is 71.5 Å². The quantitative estimate of drug-likeness (QED) is 0.135. The molecule has 9 heteroatoms. The molecule has 0 radical (unpaired) electrons. The molecule has 0 amide bonds. The van der Waals surface area contributed by atoms with E-state index in [9.17, 15) is 10.2 Å². The van der Waals surface area contributed by atoms with Crippen LogP contribution >= 0.6 is 23.2 Å². The summed E-state index contributed by atoms with van der Waals surface area (Å²) < 4.78 is 0. The summed E-state index contributed by atoms with van der Waals surface area (Å²) in [6.45, 7) is 1.27. The summed E-state index contributed by atoms with van der Waals surface area (Å²) in [6, 6.07) is 25.7. The molecule has 0 spiro atoms. The van der Waals surface area contributed by atoms with Gasteiger partial charge in [0, 0.05) is 69.8 Å². The Balaban J connectivity index is 0.000000192. The fourth-order valence-corrected chi connectivity index (χ4v) is 4.97. The second kappa shape index (κ2) is 15.4. The minimum absolute atomic E-state index is 0. The van der Waals surface area contributed by atoms with Crippen LogP contribution in [0.1, 0.15) is 22.3 Å². The zero-order valence-corrected chi connectivity index (χ0v) is 25.5. The van der Waals surface area contributed by atoms with E-state index < -0.39 is 0 Å². The molecule has 0 saturated heterocycles. The fourth-order valence-electron chi connectivity index (χ4n) is 4.61. The van der Waals surface area contributed by atoms with Crippen molar-refractivity contribution in [3.8, 4) is 11.5 Å². The van der Waals surface area contributed by atoms with Crippen LogP contribution in [0.25, 0.3) is 21.8 Å². The minimum atomic E-state index is -0.0600. The van der Waals surface area contributed by atoms with Gasteiger partial charge in [-0.2, -0.15) is 0 Å². The topological polar surface area (TPSA) is 102 Å². The molecule has 43 heavy (non-hydrogen) atoms. The third-order valence-electron chi connectivity index (χ3n) is 6.77. The van der Waals surface area contributed by atoms with Crippen LogP contribution in [-0.2, 0) is 29.3 Å². The normalized spacial score (nSPS) is 11.2. The maximum atomic E-state index is 11.6. The van der Waals surface area contributed by atoms with Crippen molar-refractivity contribution < 1.29 is 26.7 Å². The Kier molecular flexibility index (Phi) is 11.5. The van der Waals surface area contributed by atoms with Crippen LogP contribution in [-0.4, -0.2) is 35.5 Å². The van der Waals surface area contributed by atoms with Crippen LogP contribution < -0.4 is 10.2 Å². The summed E-state index contributed by atoms with van der Waals surface area (Å²) in [5.74, 6) is -0.120. The SMILES string of the molecule is [Ni+2].[O-]c1ccc(Cl)cc1C=NCCc1c[nH]c2ccccc12.[O-]c1ccc(Cl)cc1C=NCCc1c[nH]c2ccccc12. The van der Waals surface area contributed by atoms with Crippen molar-refractivity contribution in [3.63, 3.8) is 0 Å². The van der Waals surface area contributed by atoms with E-state index in [1.807, 2.05) is 36.7 Å². The number of hydrogen-bond acceptors (Lipinski definition) is 4. The molecule has 2 heterocycles. The standard InChI is InChI=1S/2C17H15ClN2O.Ni/c2*18-14-5-6-17(21)13(9-14)10-19-8-7-12-11-20-16-4-2-1-3-15(12)16;/h2*1-6,9-11,20-21H,7-8H2;/q;;+2/p-2. The first kappa shape index (κ1) is 31.9. The van der Waals surface area contributed by atoms with Crippen molar-refractivity contribution in [1.29, 1.82) is 0 Å². The number of nitrogens with one attached hydrogen (secondary N) is 2. The van der Waals surface area contributed by atoms with E-state index in [2.05, 4.69) is 44.2 Å². The van der Waals surface area contributed by atoms with Gasteiger partial charge in [-0.25, -0.2) is 0 Å². The minimum Gasteiger partial charge on any atom is -0.872 e. The zero-order valence-electron chi connectivity index (χ0n) is 23.0. The molecular formula is C34H28Cl2N4NiO2. The summed E-state index contributed by atoms with van der Waals surface area (Å²) in [6.07, 6.45) is 8.88. The van der Waals surface area contributed by atoms with Crippen LogP contribution in [0.3, 0.4) is 0 Å². The number of fused-ring (bicyclic) bond motifs is 2. The molecule has 0 fully saturated rings. The number of aromatic nitrogens is 2. The molecule has 0 aliphatic heterocycles. The largest absolute Gasteiger partial charge is 2.00 e. The predicted octanol–water partition coefficient (Wildman–Crippen LogP) is 7.11. The van der Waals surface area contributed by atoms with Gasteiger partial charge in [0.2, 0.25) is 0 Å². The predicted molar refractivity (Wildman–Crippen MR) is 171 cm³/mol. The van der Waals surface area contributed by atoms with E-state index in [0.29, 0.717) is 34.3 Å². The Bertz CT molecular complexity index is 1730. The first-order valence-corrected chi connectivity index (χ1v) is 14.3. The molecular weight excluding hydrogens is 626 g/mol. The summed E-state index contributed by atoms with van der Waals surface area (Å²) >= 11 is 11.7. The first-order chi connectivity index (χ1) is 20.5. The van der Waals surface area contributed by atoms with Gasteiger partial charge < -0.3 is 20.2 Å². The molecule has 2 N–H and O–H groups in total. The van der Waals surface area contributed by atoms with E-state index in [0.717, 1.165) is 23.9 Å². The monoisotopic (exact) mass is 652 g/mol. The average molecular weight is 654 g/mol. The number of para-hydroxylation sites is 2. The number of aliphatic imine (C=N–C) groups is 2. The number of benzene rings is 4.